The Hall–Kier alpha value is -1.55. The molecule has 0 saturated heterocycles. The Kier molecular flexibility index (Phi) is 2.13. The van der Waals surface area contributed by atoms with E-state index >= 15 is 0 Å². The van der Waals surface area contributed by atoms with Gasteiger partial charge in [0.25, 0.3) is 5.91 Å². The number of halogens is 1. The van der Waals surface area contributed by atoms with Gasteiger partial charge in [-0.05, 0) is 17.7 Å². The highest BCUT2D eigenvalue weighted by Crippen LogP contribution is 2.23. The third-order valence-electron chi connectivity index (χ3n) is 1.93. The summed E-state index contributed by atoms with van der Waals surface area (Å²) in [5.74, 6) is -0.0651. The molecule has 5 heteroatoms. The number of hydrogen-bond donors (Lipinski definition) is 2. The first kappa shape index (κ1) is 9.02. The van der Waals surface area contributed by atoms with Gasteiger partial charge >= 0.3 is 0 Å². The number of carbonyl (C=O) groups excluding carboxylic acids is 1. The van der Waals surface area contributed by atoms with Crippen molar-refractivity contribution in [1.82, 2.24) is 5.32 Å². The Morgan fingerprint density at radius 2 is 2.29 bits per heavy atom. The highest BCUT2D eigenvalue weighted by Gasteiger charge is 2.26. The van der Waals surface area contributed by atoms with Crippen molar-refractivity contribution in [2.75, 3.05) is 0 Å². The Morgan fingerprint density at radius 1 is 1.50 bits per heavy atom. The van der Waals surface area contributed by atoms with Crippen molar-refractivity contribution in [3.63, 3.8) is 0 Å². The number of aliphatic imine (C=N–C) groups is 1. The van der Waals surface area contributed by atoms with Gasteiger partial charge < -0.3 is 5.73 Å². The van der Waals surface area contributed by atoms with Crippen LogP contribution in [0.25, 0.3) is 0 Å². The molecular formula is C9H8ClN3O. The molecule has 1 heterocycles. The van der Waals surface area contributed by atoms with Crippen LogP contribution in [0, 0.1) is 0 Å². The molecule has 0 radical (unpaired) electrons. The second-order valence-electron chi connectivity index (χ2n) is 2.96. The number of benzene rings is 1. The smallest absolute Gasteiger partial charge is 0.256 e. The van der Waals surface area contributed by atoms with Gasteiger partial charge in [-0.3, -0.25) is 10.1 Å². The number of rotatable bonds is 1. The Morgan fingerprint density at radius 3 is 2.86 bits per heavy atom. The first-order valence-electron chi connectivity index (χ1n) is 4.06. The molecule has 0 bridgehead atoms. The highest BCUT2D eigenvalue weighted by atomic mass is 35.5. The Labute approximate surface area is 85.8 Å². The fraction of sp³-hybridized carbons (Fsp3) is 0.111. The maximum absolute atomic E-state index is 11.3. The third-order valence-corrected chi connectivity index (χ3v) is 2.17. The molecule has 1 unspecified atom stereocenters. The average molecular weight is 210 g/mol. The summed E-state index contributed by atoms with van der Waals surface area (Å²) in [6, 6.07) is 6.44. The van der Waals surface area contributed by atoms with Crippen LogP contribution in [0.5, 0.6) is 0 Å². The van der Waals surface area contributed by atoms with E-state index in [1.807, 2.05) is 0 Å². The van der Waals surface area contributed by atoms with Gasteiger partial charge in [-0.2, -0.15) is 0 Å². The molecule has 4 nitrogen and oxygen atoms in total. The minimum atomic E-state index is -0.561. The van der Waals surface area contributed by atoms with Gasteiger partial charge in [-0.15, -0.1) is 0 Å². The number of nitrogens with one attached hydrogen (secondary N) is 1. The summed E-state index contributed by atoms with van der Waals surface area (Å²) in [6.07, 6.45) is 0. The van der Waals surface area contributed by atoms with Crippen LogP contribution in [0.2, 0.25) is 5.02 Å². The van der Waals surface area contributed by atoms with Gasteiger partial charge in [0, 0.05) is 5.02 Å². The Balaban J connectivity index is 2.36. The number of nitrogens with zero attached hydrogens (tertiary/aromatic N) is 1. The van der Waals surface area contributed by atoms with E-state index < -0.39 is 6.04 Å². The molecule has 2 rings (SSSR count). The van der Waals surface area contributed by atoms with E-state index in [9.17, 15) is 4.79 Å². The second kappa shape index (κ2) is 3.31. The molecule has 1 aliphatic rings. The van der Waals surface area contributed by atoms with Crippen LogP contribution < -0.4 is 11.1 Å². The molecule has 1 aromatic carbocycles. The lowest BCUT2D eigenvalue weighted by molar-refractivity contribution is -0.120. The molecule has 14 heavy (non-hydrogen) atoms. The quantitative estimate of drug-likeness (QED) is 0.719. The van der Waals surface area contributed by atoms with Crippen molar-refractivity contribution >= 4 is 23.5 Å². The van der Waals surface area contributed by atoms with Crippen LogP contribution >= 0.6 is 11.6 Å². The van der Waals surface area contributed by atoms with Gasteiger partial charge in [-0.25, -0.2) is 4.99 Å². The average Bonchev–Trinajstić information content (AvgIpc) is 2.45. The second-order valence-corrected chi connectivity index (χ2v) is 3.40. The maximum Gasteiger partial charge on any atom is 0.256 e. The topological polar surface area (TPSA) is 67.5 Å². The van der Waals surface area contributed by atoms with E-state index in [1.54, 1.807) is 24.3 Å². The number of carbonyl (C=O) groups is 1. The molecule has 0 fully saturated rings. The van der Waals surface area contributed by atoms with E-state index in [2.05, 4.69) is 10.3 Å². The van der Waals surface area contributed by atoms with Crippen molar-refractivity contribution in [3.05, 3.63) is 34.9 Å². The monoisotopic (exact) mass is 209 g/mol. The van der Waals surface area contributed by atoms with Gasteiger partial charge in [0.15, 0.2) is 12.0 Å². The van der Waals surface area contributed by atoms with Gasteiger partial charge in [-0.1, -0.05) is 23.7 Å². The summed E-state index contributed by atoms with van der Waals surface area (Å²) in [7, 11) is 0. The van der Waals surface area contributed by atoms with E-state index in [4.69, 9.17) is 17.3 Å². The lowest BCUT2D eigenvalue weighted by Crippen LogP contribution is -2.31. The zero-order valence-electron chi connectivity index (χ0n) is 7.20. The van der Waals surface area contributed by atoms with E-state index in [-0.39, 0.29) is 11.9 Å². The van der Waals surface area contributed by atoms with Crippen molar-refractivity contribution in [2.45, 2.75) is 6.04 Å². The molecule has 0 aromatic heterocycles. The zero-order valence-corrected chi connectivity index (χ0v) is 7.95. The minimum Gasteiger partial charge on any atom is -0.370 e. The molecule has 3 N–H and O–H groups in total. The summed E-state index contributed by atoms with van der Waals surface area (Å²) in [4.78, 5) is 15.3. The summed E-state index contributed by atoms with van der Waals surface area (Å²) < 4.78 is 0. The first-order valence-corrected chi connectivity index (χ1v) is 4.44. The van der Waals surface area contributed by atoms with Gasteiger partial charge in [0.05, 0.1) is 0 Å². The number of amides is 1. The van der Waals surface area contributed by atoms with Crippen LogP contribution in [0.15, 0.2) is 29.3 Å². The largest absolute Gasteiger partial charge is 0.370 e. The van der Waals surface area contributed by atoms with Crippen LogP contribution in [0.3, 0.4) is 0 Å². The molecule has 1 atom stereocenters. The molecule has 0 spiro atoms. The van der Waals surface area contributed by atoms with Gasteiger partial charge in [0.2, 0.25) is 0 Å². The Bertz CT molecular complexity index is 416. The minimum absolute atomic E-state index is 0.153. The van der Waals surface area contributed by atoms with Crippen LogP contribution in [-0.2, 0) is 4.79 Å². The molecule has 0 saturated carbocycles. The van der Waals surface area contributed by atoms with Crippen molar-refractivity contribution in [1.29, 1.82) is 0 Å². The third kappa shape index (κ3) is 1.56. The molecule has 1 aliphatic heterocycles. The number of guanidine groups is 1. The predicted molar refractivity (Wildman–Crippen MR) is 54.0 cm³/mol. The first-order chi connectivity index (χ1) is 6.66. The number of nitrogens with two attached hydrogens (primary N) is 1. The van der Waals surface area contributed by atoms with Crippen LogP contribution in [0.4, 0.5) is 0 Å². The zero-order chi connectivity index (χ0) is 10.1. The normalized spacial score (nSPS) is 20.5. The fourth-order valence-corrected chi connectivity index (χ4v) is 1.53. The summed E-state index contributed by atoms with van der Waals surface area (Å²) in [5, 5.41) is 3.01. The standard InChI is InChI=1S/C9H8ClN3O/c10-6-3-1-2-5(4-6)7-8(14)13-9(11)12-7/h1-4,7H,(H3,11,12,13,14). The van der Waals surface area contributed by atoms with Crippen molar-refractivity contribution in [2.24, 2.45) is 10.7 Å². The SMILES string of the molecule is NC1=NC(c2cccc(Cl)c2)C(=O)N1. The van der Waals surface area contributed by atoms with E-state index in [1.165, 1.54) is 0 Å². The van der Waals surface area contributed by atoms with Crippen LogP contribution in [0.1, 0.15) is 11.6 Å². The summed E-state index contributed by atoms with van der Waals surface area (Å²) in [6.45, 7) is 0. The highest BCUT2D eigenvalue weighted by molar-refractivity contribution is 6.30. The number of hydrogen-bond acceptors (Lipinski definition) is 3. The lowest BCUT2D eigenvalue weighted by Gasteiger charge is -2.04. The summed E-state index contributed by atoms with van der Waals surface area (Å²) >= 11 is 5.80. The van der Waals surface area contributed by atoms with E-state index in [0.717, 1.165) is 5.56 Å². The van der Waals surface area contributed by atoms with E-state index in [0.29, 0.717) is 5.02 Å². The predicted octanol–water partition coefficient (Wildman–Crippen LogP) is 0.826. The fourth-order valence-electron chi connectivity index (χ4n) is 1.33. The van der Waals surface area contributed by atoms with Crippen molar-refractivity contribution < 1.29 is 4.79 Å². The maximum atomic E-state index is 11.3. The molecule has 1 amide bonds. The van der Waals surface area contributed by atoms with Gasteiger partial charge in [0.1, 0.15) is 0 Å². The summed E-state index contributed by atoms with van der Waals surface area (Å²) in [5.41, 5.74) is 6.12. The van der Waals surface area contributed by atoms with Crippen LogP contribution in [-0.4, -0.2) is 11.9 Å². The molecule has 1 aromatic rings. The van der Waals surface area contributed by atoms with Crippen molar-refractivity contribution in [3.8, 4) is 0 Å². The molecule has 72 valence electrons. The molecule has 0 aliphatic carbocycles. The lowest BCUT2D eigenvalue weighted by atomic mass is 10.1. The molecular weight excluding hydrogens is 202 g/mol.